The van der Waals surface area contributed by atoms with E-state index in [-0.39, 0.29) is 22.5 Å². The number of hydrogen-bond acceptors (Lipinski definition) is 2. The highest BCUT2D eigenvalue weighted by Gasteiger charge is 2.16. The summed E-state index contributed by atoms with van der Waals surface area (Å²) in [7, 11) is 0. The second-order valence-corrected chi connectivity index (χ2v) is 5.41. The Morgan fingerprint density at radius 3 is 1.12 bits per heavy atom. The first-order valence-corrected chi connectivity index (χ1v) is 7.11. The van der Waals surface area contributed by atoms with Crippen LogP contribution in [0.1, 0.15) is 11.4 Å². The van der Waals surface area contributed by atoms with Gasteiger partial charge in [0.25, 0.3) is 0 Å². The Labute approximate surface area is 135 Å². The molecule has 0 amide bonds. The Morgan fingerprint density at radius 2 is 0.833 bits per heavy atom. The third-order valence-corrected chi connectivity index (χ3v) is 3.58. The van der Waals surface area contributed by atoms with Crippen LogP contribution in [-0.4, -0.2) is 9.97 Å². The standard InChI is InChI=1S/C18H12F4N2/c1-9-10(2)24-18(12-5-15(21)8-16(22)6-12)17(23-9)11-3-13(19)7-14(20)4-11/h3-8H,1-2H3. The Hall–Kier alpha value is -2.76. The molecule has 0 spiro atoms. The number of hydrogen-bond donors (Lipinski definition) is 0. The maximum absolute atomic E-state index is 13.5. The minimum absolute atomic E-state index is 0.141. The molecule has 0 fully saturated rings. The molecule has 0 aliphatic rings. The number of nitrogens with zero attached hydrogens (tertiary/aromatic N) is 2. The zero-order chi connectivity index (χ0) is 17.4. The minimum Gasteiger partial charge on any atom is -0.249 e. The van der Waals surface area contributed by atoms with Crippen molar-refractivity contribution in [3.05, 3.63) is 71.1 Å². The molecule has 2 nitrogen and oxygen atoms in total. The largest absolute Gasteiger partial charge is 0.249 e. The maximum Gasteiger partial charge on any atom is 0.126 e. The van der Waals surface area contributed by atoms with Crippen LogP contribution in [0.2, 0.25) is 0 Å². The van der Waals surface area contributed by atoms with Crippen molar-refractivity contribution in [1.29, 1.82) is 0 Å². The summed E-state index contributed by atoms with van der Waals surface area (Å²) in [6.07, 6.45) is 0. The number of aromatic nitrogens is 2. The molecule has 0 N–H and O–H groups in total. The lowest BCUT2D eigenvalue weighted by Gasteiger charge is -2.12. The summed E-state index contributed by atoms with van der Waals surface area (Å²) >= 11 is 0. The Balaban J connectivity index is 2.31. The van der Waals surface area contributed by atoms with Crippen LogP contribution in [0.3, 0.4) is 0 Å². The van der Waals surface area contributed by atoms with Gasteiger partial charge in [0, 0.05) is 23.3 Å². The smallest absolute Gasteiger partial charge is 0.126 e. The van der Waals surface area contributed by atoms with Crippen molar-refractivity contribution in [2.45, 2.75) is 13.8 Å². The van der Waals surface area contributed by atoms with Gasteiger partial charge >= 0.3 is 0 Å². The maximum atomic E-state index is 13.5. The fraction of sp³-hybridized carbons (Fsp3) is 0.111. The fourth-order valence-electron chi connectivity index (χ4n) is 2.39. The summed E-state index contributed by atoms with van der Waals surface area (Å²) in [6.45, 7) is 3.38. The summed E-state index contributed by atoms with van der Waals surface area (Å²) < 4.78 is 54.2. The van der Waals surface area contributed by atoms with Gasteiger partial charge in [-0.05, 0) is 38.1 Å². The lowest BCUT2D eigenvalue weighted by Crippen LogP contribution is -2.01. The average molecular weight is 332 g/mol. The highest BCUT2D eigenvalue weighted by atomic mass is 19.1. The molecule has 0 saturated heterocycles. The zero-order valence-electron chi connectivity index (χ0n) is 12.9. The quantitative estimate of drug-likeness (QED) is 0.618. The third kappa shape index (κ3) is 3.13. The number of aryl methyl sites for hydroxylation is 2. The normalized spacial score (nSPS) is 10.9. The lowest BCUT2D eigenvalue weighted by atomic mass is 10.0. The first-order chi connectivity index (χ1) is 11.3. The number of halogens is 4. The molecule has 6 heteroatoms. The lowest BCUT2D eigenvalue weighted by molar-refractivity contribution is 0.582. The molecule has 0 bridgehead atoms. The Morgan fingerprint density at radius 1 is 0.542 bits per heavy atom. The van der Waals surface area contributed by atoms with Crippen LogP contribution in [0.15, 0.2) is 36.4 Å². The molecular formula is C18H12F4N2. The van der Waals surface area contributed by atoms with Crippen LogP contribution >= 0.6 is 0 Å². The molecule has 1 aromatic heterocycles. The van der Waals surface area contributed by atoms with E-state index in [1.807, 2.05) is 0 Å². The van der Waals surface area contributed by atoms with E-state index in [9.17, 15) is 17.6 Å². The molecule has 0 aliphatic heterocycles. The van der Waals surface area contributed by atoms with Crippen molar-refractivity contribution < 1.29 is 17.6 Å². The van der Waals surface area contributed by atoms with Crippen LogP contribution < -0.4 is 0 Å². The summed E-state index contributed by atoms with van der Waals surface area (Å²) in [5, 5.41) is 0. The van der Waals surface area contributed by atoms with E-state index in [2.05, 4.69) is 9.97 Å². The summed E-state index contributed by atoms with van der Waals surface area (Å²) in [4.78, 5) is 8.64. The molecule has 0 unspecified atom stereocenters. The molecule has 3 aromatic rings. The molecule has 122 valence electrons. The van der Waals surface area contributed by atoms with Crippen LogP contribution in [0.25, 0.3) is 22.5 Å². The van der Waals surface area contributed by atoms with Crippen LogP contribution in [0.4, 0.5) is 17.6 Å². The van der Waals surface area contributed by atoms with E-state index >= 15 is 0 Å². The highest BCUT2D eigenvalue weighted by Crippen LogP contribution is 2.31. The van der Waals surface area contributed by atoms with Crippen molar-refractivity contribution in [2.24, 2.45) is 0 Å². The second-order valence-electron chi connectivity index (χ2n) is 5.41. The first kappa shape index (κ1) is 16.1. The van der Waals surface area contributed by atoms with Crippen LogP contribution in [-0.2, 0) is 0 Å². The van der Waals surface area contributed by atoms with Gasteiger partial charge in [-0.25, -0.2) is 27.5 Å². The van der Waals surface area contributed by atoms with Gasteiger partial charge in [0.1, 0.15) is 23.3 Å². The van der Waals surface area contributed by atoms with Crippen LogP contribution in [0, 0.1) is 37.1 Å². The van der Waals surface area contributed by atoms with Gasteiger partial charge in [0.15, 0.2) is 0 Å². The van der Waals surface area contributed by atoms with Gasteiger partial charge in [-0.15, -0.1) is 0 Å². The van der Waals surface area contributed by atoms with E-state index < -0.39 is 23.3 Å². The Kier molecular flexibility index (Phi) is 4.05. The van der Waals surface area contributed by atoms with E-state index in [1.165, 1.54) is 0 Å². The number of rotatable bonds is 2. The highest BCUT2D eigenvalue weighted by molar-refractivity contribution is 5.78. The van der Waals surface area contributed by atoms with E-state index in [0.717, 1.165) is 36.4 Å². The minimum atomic E-state index is -0.776. The predicted octanol–water partition coefficient (Wildman–Crippen LogP) is 4.98. The van der Waals surface area contributed by atoms with E-state index in [1.54, 1.807) is 13.8 Å². The van der Waals surface area contributed by atoms with Crippen molar-refractivity contribution in [1.82, 2.24) is 9.97 Å². The molecule has 24 heavy (non-hydrogen) atoms. The Bertz CT molecular complexity index is 822. The van der Waals surface area contributed by atoms with Gasteiger partial charge in [0.2, 0.25) is 0 Å². The average Bonchev–Trinajstić information content (AvgIpc) is 2.47. The van der Waals surface area contributed by atoms with Crippen molar-refractivity contribution in [3.63, 3.8) is 0 Å². The molecule has 0 radical (unpaired) electrons. The molecule has 0 saturated carbocycles. The van der Waals surface area contributed by atoms with E-state index in [4.69, 9.17) is 0 Å². The summed E-state index contributed by atoms with van der Waals surface area (Å²) in [6, 6.07) is 5.86. The topological polar surface area (TPSA) is 25.8 Å². The van der Waals surface area contributed by atoms with Gasteiger partial charge in [-0.1, -0.05) is 0 Å². The number of benzene rings is 2. The molecule has 0 atom stereocenters. The van der Waals surface area contributed by atoms with Gasteiger partial charge in [-0.2, -0.15) is 0 Å². The van der Waals surface area contributed by atoms with Crippen LogP contribution in [0.5, 0.6) is 0 Å². The van der Waals surface area contributed by atoms with Gasteiger partial charge < -0.3 is 0 Å². The molecule has 3 rings (SSSR count). The molecular weight excluding hydrogens is 320 g/mol. The monoisotopic (exact) mass is 332 g/mol. The molecule has 2 aromatic carbocycles. The van der Waals surface area contributed by atoms with E-state index in [0.29, 0.717) is 11.4 Å². The predicted molar refractivity (Wildman–Crippen MR) is 82.2 cm³/mol. The summed E-state index contributed by atoms with van der Waals surface area (Å²) in [5.41, 5.74) is 1.69. The summed E-state index contributed by atoms with van der Waals surface area (Å²) in [5.74, 6) is -3.11. The fourth-order valence-corrected chi connectivity index (χ4v) is 2.39. The van der Waals surface area contributed by atoms with Crippen molar-refractivity contribution >= 4 is 0 Å². The molecule has 1 heterocycles. The zero-order valence-corrected chi connectivity index (χ0v) is 12.9. The van der Waals surface area contributed by atoms with Gasteiger partial charge in [-0.3, -0.25) is 0 Å². The van der Waals surface area contributed by atoms with Crippen molar-refractivity contribution in [3.8, 4) is 22.5 Å². The second kappa shape index (κ2) is 6.03. The first-order valence-electron chi connectivity index (χ1n) is 7.11. The molecule has 0 aliphatic carbocycles. The van der Waals surface area contributed by atoms with Crippen molar-refractivity contribution in [2.75, 3.05) is 0 Å². The van der Waals surface area contributed by atoms with Gasteiger partial charge in [0.05, 0.1) is 22.8 Å². The SMILES string of the molecule is Cc1nc(-c2cc(F)cc(F)c2)c(-c2cc(F)cc(F)c2)nc1C. The third-order valence-electron chi connectivity index (χ3n) is 3.58.